The van der Waals surface area contributed by atoms with Crippen LogP contribution in [0.1, 0.15) is 38.8 Å². The smallest absolute Gasteiger partial charge is 0.0447 e. The number of rotatable bonds is 2. The van der Waals surface area contributed by atoms with E-state index in [-0.39, 0.29) is 10.8 Å². The summed E-state index contributed by atoms with van der Waals surface area (Å²) in [5, 5.41) is 0. The molecule has 2 aliphatic rings. The van der Waals surface area contributed by atoms with Gasteiger partial charge in [-0.2, -0.15) is 0 Å². The molecule has 0 N–H and O–H groups in total. The Bertz CT molecular complexity index is 945. The molecule has 0 saturated heterocycles. The average molecular weight is 389 g/mol. The van der Waals surface area contributed by atoms with Crippen LogP contribution in [0.25, 0.3) is 0 Å². The van der Waals surface area contributed by atoms with Crippen molar-refractivity contribution < 1.29 is 0 Å². The first-order valence-corrected chi connectivity index (χ1v) is 10.2. The molecule has 4 rings (SSSR count). The SMILES string of the molecule is CN1/C(=C/C(=S)/C=C2/N(C)c3ccccc3C2(C)C)C(C)(C)c2ccccc21. The summed E-state index contributed by atoms with van der Waals surface area (Å²) in [7, 11) is 4.27. The first kappa shape index (κ1) is 18.9. The van der Waals surface area contributed by atoms with Crippen LogP contribution in [0.15, 0.2) is 72.1 Å². The zero-order valence-electron chi connectivity index (χ0n) is 17.6. The molecule has 0 aromatic heterocycles. The summed E-state index contributed by atoms with van der Waals surface area (Å²) in [6.45, 7) is 9.10. The number of nitrogens with zero attached hydrogens (tertiary/aromatic N) is 2. The minimum Gasteiger partial charge on any atom is -0.347 e. The number of likely N-dealkylation sites (N-methyl/N-ethyl adjacent to an activating group) is 2. The summed E-state index contributed by atoms with van der Waals surface area (Å²) in [6.07, 6.45) is 4.35. The fourth-order valence-electron chi connectivity index (χ4n) is 4.83. The van der Waals surface area contributed by atoms with Crippen molar-refractivity contribution in [2.24, 2.45) is 0 Å². The fourth-order valence-corrected chi connectivity index (χ4v) is 5.05. The second-order valence-corrected chi connectivity index (χ2v) is 9.34. The van der Waals surface area contributed by atoms with Crippen molar-refractivity contribution in [3.8, 4) is 0 Å². The zero-order valence-corrected chi connectivity index (χ0v) is 18.4. The second-order valence-electron chi connectivity index (χ2n) is 8.86. The molecule has 0 fully saturated rings. The number of thiocarbonyl (C=S) groups is 1. The minimum absolute atomic E-state index is 0.0615. The number of hydrogen-bond donors (Lipinski definition) is 0. The molecule has 0 aliphatic carbocycles. The van der Waals surface area contributed by atoms with Gasteiger partial charge in [0.05, 0.1) is 0 Å². The highest BCUT2D eigenvalue weighted by Crippen LogP contribution is 2.48. The van der Waals surface area contributed by atoms with Crippen molar-refractivity contribution in [2.75, 3.05) is 23.9 Å². The first-order valence-electron chi connectivity index (χ1n) is 9.80. The molecule has 2 heterocycles. The molecule has 3 heteroatoms. The van der Waals surface area contributed by atoms with Crippen LogP contribution in [-0.4, -0.2) is 19.0 Å². The van der Waals surface area contributed by atoms with E-state index in [0.29, 0.717) is 0 Å². The fraction of sp³-hybridized carbons (Fsp3) is 0.320. The lowest BCUT2D eigenvalue weighted by Crippen LogP contribution is -2.25. The number of allylic oxidation sites excluding steroid dienone is 4. The number of hydrogen-bond acceptors (Lipinski definition) is 3. The van der Waals surface area contributed by atoms with E-state index in [2.05, 4.69) is 112 Å². The van der Waals surface area contributed by atoms with Crippen LogP contribution in [0.5, 0.6) is 0 Å². The molecule has 0 radical (unpaired) electrons. The molecule has 144 valence electrons. The van der Waals surface area contributed by atoms with Gasteiger partial charge < -0.3 is 9.80 Å². The molecule has 2 aliphatic heterocycles. The quantitative estimate of drug-likeness (QED) is 0.462. The van der Waals surface area contributed by atoms with Gasteiger partial charge in [-0.1, -0.05) is 76.3 Å². The standard InChI is InChI=1S/C25H28N2S/c1-24(2)18-11-7-9-13-20(18)26(5)22(24)15-17(28)16-23-25(3,4)19-12-8-10-14-21(19)27(23)6/h7-16H,1-6H3/b22-15+,23-16+. The van der Waals surface area contributed by atoms with E-state index in [1.807, 2.05) is 0 Å². The van der Waals surface area contributed by atoms with E-state index in [9.17, 15) is 0 Å². The molecule has 0 unspecified atom stereocenters. The maximum atomic E-state index is 5.85. The molecule has 0 atom stereocenters. The third-order valence-corrected chi connectivity index (χ3v) is 6.67. The van der Waals surface area contributed by atoms with Gasteiger partial charge in [-0.05, 0) is 35.4 Å². The Morgan fingerprint density at radius 1 is 0.714 bits per heavy atom. The number of para-hydroxylation sites is 2. The lowest BCUT2D eigenvalue weighted by atomic mass is 9.82. The van der Waals surface area contributed by atoms with Gasteiger partial charge in [0.15, 0.2) is 0 Å². The molecule has 28 heavy (non-hydrogen) atoms. The van der Waals surface area contributed by atoms with Crippen LogP contribution in [-0.2, 0) is 10.8 Å². The van der Waals surface area contributed by atoms with Gasteiger partial charge in [-0.25, -0.2) is 0 Å². The first-order chi connectivity index (χ1) is 13.2. The molecule has 0 spiro atoms. The van der Waals surface area contributed by atoms with E-state index in [1.54, 1.807) is 0 Å². The van der Waals surface area contributed by atoms with Crippen molar-refractivity contribution in [1.82, 2.24) is 0 Å². The van der Waals surface area contributed by atoms with E-state index in [4.69, 9.17) is 12.2 Å². The summed E-state index contributed by atoms with van der Waals surface area (Å²) in [4.78, 5) is 5.42. The number of benzene rings is 2. The molecule has 0 bridgehead atoms. The number of anilines is 2. The highest BCUT2D eigenvalue weighted by molar-refractivity contribution is 7.81. The Balaban J connectivity index is 1.72. The Morgan fingerprint density at radius 3 is 1.43 bits per heavy atom. The lowest BCUT2D eigenvalue weighted by Gasteiger charge is -2.26. The van der Waals surface area contributed by atoms with Crippen molar-refractivity contribution in [1.29, 1.82) is 0 Å². The van der Waals surface area contributed by atoms with Gasteiger partial charge in [0.2, 0.25) is 0 Å². The molecular formula is C25H28N2S. The van der Waals surface area contributed by atoms with Crippen LogP contribution < -0.4 is 9.80 Å². The average Bonchev–Trinajstić information content (AvgIpc) is 2.98. The van der Waals surface area contributed by atoms with Gasteiger partial charge >= 0.3 is 0 Å². The van der Waals surface area contributed by atoms with Gasteiger partial charge in [-0.15, -0.1) is 0 Å². The molecule has 0 amide bonds. The summed E-state index contributed by atoms with van der Waals surface area (Å²) in [5.74, 6) is 0. The summed E-state index contributed by atoms with van der Waals surface area (Å²) < 4.78 is 0. The van der Waals surface area contributed by atoms with Crippen molar-refractivity contribution >= 4 is 28.5 Å². The predicted molar refractivity (Wildman–Crippen MR) is 125 cm³/mol. The lowest BCUT2D eigenvalue weighted by molar-refractivity contribution is 0.639. The zero-order chi connectivity index (χ0) is 20.3. The highest BCUT2D eigenvalue weighted by atomic mass is 32.1. The van der Waals surface area contributed by atoms with Gasteiger partial charge in [-0.3, -0.25) is 0 Å². The van der Waals surface area contributed by atoms with Crippen LogP contribution in [0, 0.1) is 0 Å². The van der Waals surface area contributed by atoms with Crippen LogP contribution in [0.4, 0.5) is 11.4 Å². The third kappa shape index (κ3) is 2.64. The summed E-state index contributed by atoms with van der Waals surface area (Å²) >= 11 is 5.85. The molecule has 2 nitrogen and oxygen atoms in total. The minimum atomic E-state index is -0.0615. The monoisotopic (exact) mass is 388 g/mol. The summed E-state index contributed by atoms with van der Waals surface area (Å²) in [5.41, 5.74) is 7.59. The van der Waals surface area contributed by atoms with Crippen LogP contribution >= 0.6 is 12.2 Å². The maximum absolute atomic E-state index is 5.85. The third-order valence-electron chi connectivity index (χ3n) is 6.44. The topological polar surface area (TPSA) is 6.48 Å². The Morgan fingerprint density at radius 2 is 1.07 bits per heavy atom. The van der Waals surface area contributed by atoms with Crippen molar-refractivity contribution in [2.45, 2.75) is 38.5 Å². The predicted octanol–water partition coefficient (Wildman–Crippen LogP) is 5.98. The van der Waals surface area contributed by atoms with Gasteiger partial charge in [0.25, 0.3) is 0 Å². The van der Waals surface area contributed by atoms with E-state index in [0.717, 1.165) is 4.86 Å². The van der Waals surface area contributed by atoms with Crippen molar-refractivity contribution in [3.63, 3.8) is 0 Å². The van der Waals surface area contributed by atoms with E-state index >= 15 is 0 Å². The Kier molecular flexibility index (Phi) is 4.27. The Labute approximate surface area is 174 Å². The van der Waals surface area contributed by atoms with E-state index in [1.165, 1.54) is 33.9 Å². The van der Waals surface area contributed by atoms with Crippen LogP contribution in [0.2, 0.25) is 0 Å². The summed E-state index contributed by atoms with van der Waals surface area (Å²) in [6, 6.07) is 17.2. The largest absolute Gasteiger partial charge is 0.347 e. The Hall–Kier alpha value is -2.39. The molecule has 2 aromatic carbocycles. The molecular weight excluding hydrogens is 360 g/mol. The molecule has 2 aromatic rings. The second kappa shape index (κ2) is 6.31. The molecule has 0 saturated carbocycles. The van der Waals surface area contributed by atoms with Crippen molar-refractivity contribution in [3.05, 3.63) is 83.2 Å². The van der Waals surface area contributed by atoms with Crippen LogP contribution in [0.3, 0.4) is 0 Å². The maximum Gasteiger partial charge on any atom is 0.0447 e. The van der Waals surface area contributed by atoms with Gasteiger partial charge in [0.1, 0.15) is 0 Å². The highest BCUT2D eigenvalue weighted by Gasteiger charge is 2.40. The van der Waals surface area contributed by atoms with Gasteiger partial charge in [0, 0.05) is 52.6 Å². The number of fused-ring (bicyclic) bond motifs is 2. The normalized spacial score (nSPS) is 21.9. The van der Waals surface area contributed by atoms with E-state index < -0.39 is 0 Å².